The van der Waals surface area contributed by atoms with Crippen LogP contribution in [-0.2, 0) is 4.79 Å². The van der Waals surface area contributed by atoms with Gasteiger partial charge in [0, 0.05) is 24.1 Å². The normalized spacial score (nSPS) is 11.4. The maximum Gasteiger partial charge on any atom is 0.239 e. The van der Waals surface area contributed by atoms with Gasteiger partial charge in [0.25, 0.3) is 0 Å². The molecule has 0 saturated heterocycles. The third-order valence-corrected chi connectivity index (χ3v) is 2.56. The highest BCUT2D eigenvalue weighted by Gasteiger charge is 2.14. The molecule has 1 aromatic heterocycles. The highest BCUT2D eigenvalue weighted by atomic mass is 16.2. The molecule has 0 radical (unpaired) electrons. The molecular formula is C15H27N5O. The lowest BCUT2D eigenvalue weighted by Crippen LogP contribution is -2.43. The smallest absolute Gasteiger partial charge is 0.239 e. The molecule has 118 valence electrons. The Morgan fingerprint density at radius 1 is 1.19 bits per heavy atom. The van der Waals surface area contributed by atoms with Gasteiger partial charge in [-0.2, -0.15) is 0 Å². The number of hydrogen-bond donors (Lipinski definition) is 3. The Kier molecular flexibility index (Phi) is 5.93. The second kappa shape index (κ2) is 7.24. The first-order valence-corrected chi connectivity index (χ1v) is 7.39. The lowest BCUT2D eigenvalue weighted by atomic mass is 10.1. The highest BCUT2D eigenvalue weighted by molar-refractivity contribution is 5.81. The van der Waals surface area contributed by atoms with Crippen LogP contribution in [0.3, 0.4) is 0 Å². The van der Waals surface area contributed by atoms with Crippen molar-refractivity contribution < 1.29 is 4.79 Å². The fraction of sp³-hybridized carbons (Fsp3) is 0.667. The molecule has 6 heteroatoms. The van der Waals surface area contributed by atoms with Crippen LogP contribution in [0.25, 0.3) is 0 Å². The molecule has 6 nitrogen and oxygen atoms in total. The molecule has 0 aliphatic carbocycles. The van der Waals surface area contributed by atoms with E-state index >= 15 is 0 Å². The Hall–Kier alpha value is -1.85. The van der Waals surface area contributed by atoms with Crippen LogP contribution in [0.1, 0.15) is 53.3 Å². The molecule has 0 atom stereocenters. The lowest BCUT2D eigenvalue weighted by Gasteiger charge is -2.20. The number of rotatable bonds is 6. The Balaban J connectivity index is 2.75. The van der Waals surface area contributed by atoms with Crippen LogP contribution in [0.4, 0.5) is 11.6 Å². The topological polar surface area (TPSA) is 78.9 Å². The van der Waals surface area contributed by atoms with E-state index in [4.69, 9.17) is 0 Å². The zero-order valence-electron chi connectivity index (χ0n) is 13.9. The molecule has 1 heterocycles. The molecule has 0 aromatic carbocycles. The Morgan fingerprint density at radius 2 is 1.76 bits per heavy atom. The van der Waals surface area contributed by atoms with Gasteiger partial charge in [0.2, 0.25) is 5.91 Å². The number of aromatic nitrogens is 2. The number of nitrogens with one attached hydrogen (secondary N) is 3. The minimum Gasteiger partial charge on any atom is -0.370 e. The van der Waals surface area contributed by atoms with Gasteiger partial charge in [0.1, 0.15) is 17.5 Å². The van der Waals surface area contributed by atoms with E-state index in [2.05, 4.69) is 25.9 Å². The van der Waals surface area contributed by atoms with E-state index in [-0.39, 0.29) is 23.9 Å². The lowest BCUT2D eigenvalue weighted by molar-refractivity contribution is -0.120. The van der Waals surface area contributed by atoms with Gasteiger partial charge in [-0.15, -0.1) is 0 Å². The van der Waals surface area contributed by atoms with E-state index in [1.165, 1.54) is 0 Å². The molecule has 0 saturated carbocycles. The Labute approximate surface area is 127 Å². The van der Waals surface area contributed by atoms with Crippen LogP contribution in [0, 0.1) is 0 Å². The fourth-order valence-corrected chi connectivity index (χ4v) is 1.72. The van der Waals surface area contributed by atoms with Crippen molar-refractivity contribution >= 4 is 17.5 Å². The summed E-state index contributed by atoms with van der Waals surface area (Å²) in [7, 11) is 0. The van der Waals surface area contributed by atoms with E-state index in [0.29, 0.717) is 5.82 Å². The molecule has 0 aliphatic rings. The highest BCUT2D eigenvalue weighted by Crippen LogP contribution is 2.16. The summed E-state index contributed by atoms with van der Waals surface area (Å²) in [5.74, 6) is 2.36. The molecule has 3 N–H and O–H groups in total. The second-order valence-corrected chi connectivity index (χ2v) is 6.33. The molecule has 1 aromatic rings. The average Bonchev–Trinajstić information content (AvgIpc) is 2.34. The van der Waals surface area contributed by atoms with E-state index in [1.807, 2.05) is 47.6 Å². The second-order valence-electron chi connectivity index (χ2n) is 6.33. The number of carbonyl (C=O) groups excluding carboxylic acids is 1. The van der Waals surface area contributed by atoms with Crippen molar-refractivity contribution in [2.45, 2.75) is 53.0 Å². The molecule has 0 fully saturated rings. The number of nitrogens with zero attached hydrogens (tertiary/aromatic N) is 2. The molecule has 0 aliphatic heterocycles. The van der Waals surface area contributed by atoms with Crippen LogP contribution in [0.5, 0.6) is 0 Å². The van der Waals surface area contributed by atoms with Crippen LogP contribution in [-0.4, -0.2) is 34.5 Å². The predicted octanol–water partition coefficient (Wildman–Crippen LogP) is 2.36. The van der Waals surface area contributed by atoms with E-state index in [9.17, 15) is 4.79 Å². The van der Waals surface area contributed by atoms with Gasteiger partial charge in [0.15, 0.2) is 0 Å². The van der Waals surface area contributed by atoms with Crippen molar-refractivity contribution in [1.29, 1.82) is 0 Å². The minimum absolute atomic E-state index is 0.0581. The quantitative estimate of drug-likeness (QED) is 0.750. The Morgan fingerprint density at radius 3 is 2.24 bits per heavy atom. The van der Waals surface area contributed by atoms with Crippen molar-refractivity contribution in [3.63, 3.8) is 0 Å². The summed E-state index contributed by atoms with van der Waals surface area (Å²) >= 11 is 0. The zero-order chi connectivity index (χ0) is 16.0. The van der Waals surface area contributed by atoms with Crippen LogP contribution < -0.4 is 16.0 Å². The molecule has 1 amide bonds. The van der Waals surface area contributed by atoms with Gasteiger partial charge in [0.05, 0.1) is 6.54 Å². The molecular weight excluding hydrogens is 266 g/mol. The van der Waals surface area contributed by atoms with Gasteiger partial charge in [-0.05, 0) is 27.7 Å². The third-order valence-electron chi connectivity index (χ3n) is 2.56. The third kappa shape index (κ3) is 6.42. The molecule has 0 unspecified atom stereocenters. The molecule has 1 rings (SSSR count). The zero-order valence-corrected chi connectivity index (χ0v) is 13.9. The summed E-state index contributed by atoms with van der Waals surface area (Å²) in [5, 5.41) is 9.14. The SMILES string of the molecule is CCNc1cc(NCC(=O)NC(C)(C)C)nc(C(C)C)n1. The van der Waals surface area contributed by atoms with Gasteiger partial charge < -0.3 is 16.0 Å². The summed E-state index contributed by atoms with van der Waals surface area (Å²) in [6, 6.07) is 1.82. The van der Waals surface area contributed by atoms with E-state index in [1.54, 1.807) is 0 Å². The first-order chi connectivity index (χ1) is 9.71. The summed E-state index contributed by atoms with van der Waals surface area (Å²) in [4.78, 5) is 20.7. The summed E-state index contributed by atoms with van der Waals surface area (Å²) < 4.78 is 0. The number of hydrogen-bond acceptors (Lipinski definition) is 5. The largest absolute Gasteiger partial charge is 0.370 e. The van der Waals surface area contributed by atoms with Crippen LogP contribution in [0.2, 0.25) is 0 Å². The van der Waals surface area contributed by atoms with Gasteiger partial charge >= 0.3 is 0 Å². The summed E-state index contributed by atoms with van der Waals surface area (Å²) in [6.07, 6.45) is 0. The minimum atomic E-state index is -0.234. The maximum absolute atomic E-state index is 11.8. The van der Waals surface area contributed by atoms with Crippen molar-refractivity contribution in [3.8, 4) is 0 Å². The summed E-state index contributed by atoms with van der Waals surface area (Å²) in [5.41, 5.74) is -0.234. The van der Waals surface area contributed by atoms with Crippen LogP contribution >= 0.6 is 0 Å². The number of anilines is 2. The summed E-state index contributed by atoms with van der Waals surface area (Å²) in [6.45, 7) is 12.9. The Bertz CT molecular complexity index is 479. The van der Waals surface area contributed by atoms with Crippen LogP contribution in [0.15, 0.2) is 6.07 Å². The van der Waals surface area contributed by atoms with Crippen molar-refractivity contribution in [3.05, 3.63) is 11.9 Å². The van der Waals surface area contributed by atoms with Gasteiger partial charge in [-0.25, -0.2) is 9.97 Å². The molecule has 0 bridgehead atoms. The fourth-order valence-electron chi connectivity index (χ4n) is 1.72. The predicted molar refractivity (Wildman–Crippen MR) is 86.7 cm³/mol. The molecule has 21 heavy (non-hydrogen) atoms. The molecule has 0 spiro atoms. The monoisotopic (exact) mass is 293 g/mol. The van der Waals surface area contributed by atoms with Crippen molar-refractivity contribution in [1.82, 2.24) is 15.3 Å². The van der Waals surface area contributed by atoms with E-state index < -0.39 is 0 Å². The number of carbonyl (C=O) groups is 1. The number of amides is 1. The van der Waals surface area contributed by atoms with Gasteiger partial charge in [-0.1, -0.05) is 13.8 Å². The maximum atomic E-state index is 11.8. The van der Waals surface area contributed by atoms with Crippen molar-refractivity contribution in [2.24, 2.45) is 0 Å². The van der Waals surface area contributed by atoms with Gasteiger partial charge in [-0.3, -0.25) is 4.79 Å². The standard InChI is InChI=1S/C15H27N5O/c1-7-16-11-8-12(19-14(18-11)10(2)3)17-9-13(21)20-15(4,5)6/h8,10H,7,9H2,1-6H3,(H,20,21)(H2,16,17,18,19). The first-order valence-electron chi connectivity index (χ1n) is 7.39. The average molecular weight is 293 g/mol. The first kappa shape index (κ1) is 17.2. The van der Waals surface area contributed by atoms with E-state index in [0.717, 1.165) is 18.2 Å². The van der Waals surface area contributed by atoms with Crippen molar-refractivity contribution in [2.75, 3.05) is 23.7 Å².